The molecule has 0 aliphatic carbocycles. The maximum absolute atomic E-state index is 11.0. The summed E-state index contributed by atoms with van der Waals surface area (Å²) < 4.78 is 1.39. The minimum absolute atomic E-state index is 0.0952. The number of halogens is 2. The maximum atomic E-state index is 11.0. The largest absolute Gasteiger partial charge is 0.302 e. The molecule has 1 aromatic heterocycles. The number of nitrogens with zero attached hydrogens (tertiary/aromatic N) is 3. The van der Waals surface area contributed by atoms with Crippen molar-refractivity contribution in [3.05, 3.63) is 56.3 Å². The second-order valence-corrected chi connectivity index (χ2v) is 4.20. The summed E-state index contributed by atoms with van der Waals surface area (Å²) in [4.78, 5) is 10.4. The molecule has 5 nitrogen and oxygen atoms in total. The Morgan fingerprint density at radius 3 is 2.61 bits per heavy atom. The lowest BCUT2D eigenvalue weighted by atomic mass is 10.2. The number of hydrogen-bond acceptors (Lipinski definition) is 3. The van der Waals surface area contributed by atoms with E-state index in [-0.39, 0.29) is 27.1 Å². The Bertz CT molecular complexity index is 673. The van der Waals surface area contributed by atoms with Crippen molar-refractivity contribution in [2.45, 2.75) is 0 Å². The normalized spacial score (nSPS) is 10.1. The molecule has 0 saturated carbocycles. The molecule has 0 unspecified atom stereocenters. The third-order valence-corrected chi connectivity index (χ3v) is 3.06. The first-order chi connectivity index (χ1) is 8.54. The highest BCUT2D eigenvalue weighted by molar-refractivity contribution is 6.42. The van der Waals surface area contributed by atoms with Crippen molar-refractivity contribution in [2.75, 3.05) is 0 Å². The van der Waals surface area contributed by atoms with Gasteiger partial charge in [-0.1, -0.05) is 23.2 Å². The molecule has 0 saturated heterocycles. The highest BCUT2D eigenvalue weighted by Crippen LogP contribution is 2.33. The molecule has 90 valence electrons. The van der Waals surface area contributed by atoms with Crippen LogP contribution in [0.15, 0.2) is 30.5 Å². The van der Waals surface area contributed by atoms with Crippen LogP contribution in [0.4, 0.5) is 5.69 Å². The Morgan fingerprint density at radius 1 is 1.33 bits per heavy atom. The van der Waals surface area contributed by atoms with Crippen LogP contribution in [-0.2, 0) is 0 Å². The summed E-state index contributed by atoms with van der Waals surface area (Å²) in [6, 6.07) is 7.63. The van der Waals surface area contributed by atoms with Gasteiger partial charge in [0.2, 0.25) is 0 Å². The molecule has 0 N–H and O–H groups in total. The lowest BCUT2D eigenvalue weighted by molar-refractivity contribution is -0.384. The molecule has 0 aliphatic rings. The van der Waals surface area contributed by atoms with Gasteiger partial charge in [0.05, 0.1) is 15.0 Å². The van der Waals surface area contributed by atoms with Crippen LogP contribution in [0, 0.1) is 21.4 Å². The minimum atomic E-state index is -0.571. The third-order valence-electron chi connectivity index (χ3n) is 2.34. The van der Waals surface area contributed by atoms with Crippen LogP contribution in [-0.4, -0.2) is 9.49 Å². The van der Waals surface area contributed by atoms with Crippen molar-refractivity contribution < 1.29 is 4.92 Å². The van der Waals surface area contributed by atoms with Gasteiger partial charge in [-0.25, -0.2) is 0 Å². The topological polar surface area (TPSA) is 71.9 Å². The maximum Gasteiger partial charge on any atom is 0.294 e. The monoisotopic (exact) mass is 281 g/mol. The summed E-state index contributed by atoms with van der Waals surface area (Å²) in [5.41, 5.74) is 0.268. The molecule has 0 spiro atoms. The first-order valence-corrected chi connectivity index (χ1v) is 5.51. The lowest BCUT2D eigenvalue weighted by Gasteiger charge is -2.07. The zero-order chi connectivity index (χ0) is 13.3. The Labute approximate surface area is 112 Å². The molecule has 0 atom stereocenters. The molecule has 0 amide bonds. The minimum Gasteiger partial charge on any atom is -0.302 e. The van der Waals surface area contributed by atoms with Crippen molar-refractivity contribution in [3.8, 4) is 11.8 Å². The molecule has 1 aromatic carbocycles. The van der Waals surface area contributed by atoms with Gasteiger partial charge in [0, 0.05) is 12.3 Å². The van der Waals surface area contributed by atoms with E-state index in [1.807, 2.05) is 6.07 Å². The number of rotatable bonds is 2. The van der Waals surface area contributed by atoms with Crippen molar-refractivity contribution in [1.29, 1.82) is 5.26 Å². The fourth-order valence-electron chi connectivity index (χ4n) is 1.55. The molecule has 2 aromatic rings. The summed E-state index contributed by atoms with van der Waals surface area (Å²) in [6.07, 6.45) is 1.55. The highest BCUT2D eigenvalue weighted by Gasteiger charge is 2.19. The molecule has 0 bridgehead atoms. The smallest absolute Gasteiger partial charge is 0.294 e. The van der Waals surface area contributed by atoms with Gasteiger partial charge in [-0.15, -0.1) is 0 Å². The Balaban J connectivity index is 2.75. The van der Waals surface area contributed by atoms with Gasteiger partial charge in [-0.05, 0) is 18.2 Å². The number of benzene rings is 1. The second kappa shape index (κ2) is 4.69. The lowest BCUT2D eigenvalue weighted by Crippen LogP contribution is -2.01. The third kappa shape index (κ3) is 2.04. The number of nitriles is 1. The quantitative estimate of drug-likeness (QED) is 0.624. The van der Waals surface area contributed by atoms with Crippen molar-refractivity contribution in [3.63, 3.8) is 0 Å². The molecule has 18 heavy (non-hydrogen) atoms. The average Bonchev–Trinajstić information content (AvgIpc) is 2.79. The van der Waals surface area contributed by atoms with Crippen molar-refractivity contribution in [1.82, 2.24) is 4.57 Å². The molecule has 2 rings (SSSR count). The van der Waals surface area contributed by atoms with Crippen LogP contribution in [0.5, 0.6) is 0 Å². The van der Waals surface area contributed by atoms with Crippen LogP contribution in [0.25, 0.3) is 5.69 Å². The first kappa shape index (κ1) is 12.4. The van der Waals surface area contributed by atoms with Crippen LogP contribution >= 0.6 is 23.2 Å². The summed E-state index contributed by atoms with van der Waals surface area (Å²) in [7, 11) is 0. The fourth-order valence-corrected chi connectivity index (χ4v) is 1.86. The predicted octanol–water partition coefficient (Wildman–Crippen LogP) is 3.56. The van der Waals surface area contributed by atoms with E-state index in [1.165, 1.54) is 16.7 Å². The summed E-state index contributed by atoms with van der Waals surface area (Å²) in [5, 5.41) is 20.2. The van der Waals surface area contributed by atoms with Gasteiger partial charge in [-0.2, -0.15) is 5.26 Å². The van der Waals surface area contributed by atoms with Gasteiger partial charge in [0.15, 0.2) is 0 Å². The van der Waals surface area contributed by atoms with Gasteiger partial charge >= 0.3 is 0 Å². The molecule has 0 radical (unpaired) electrons. The van der Waals surface area contributed by atoms with Gasteiger partial charge in [-0.3, -0.25) is 10.1 Å². The highest BCUT2D eigenvalue weighted by atomic mass is 35.5. The van der Waals surface area contributed by atoms with Crippen LogP contribution in [0.3, 0.4) is 0 Å². The van der Waals surface area contributed by atoms with E-state index in [0.29, 0.717) is 0 Å². The van der Waals surface area contributed by atoms with E-state index in [0.717, 1.165) is 0 Å². The Morgan fingerprint density at radius 2 is 2.00 bits per heavy atom. The van der Waals surface area contributed by atoms with Gasteiger partial charge < -0.3 is 4.57 Å². The van der Waals surface area contributed by atoms with Crippen LogP contribution < -0.4 is 0 Å². The van der Waals surface area contributed by atoms with Crippen LogP contribution in [0.1, 0.15) is 5.69 Å². The molecule has 7 heteroatoms. The predicted molar refractivity (Wildman–Crippen MR) is 67.2 cm³/mol. The molecule has 0 fully saturated rings. The number of hydrogen-bond donors (Lipinski definition) is 0. The van der Waals surface area contributed by atoms with E-state index < -0.39 is 4.92 Å². The molecule has 1 heterocycles. The summed E-state index contributed by atoms with van der Waals surface area (Å²) in [6.45, 7) is 0. The van der Waals surface area contributed by atoms with Crippen molar-refractivity contribution >= 4 is 28.9 Å². The average molecular weight is 282 g/mol. The van der Waals surface area contributed by atoms with E-state index in [1.54, 1.807) is 18.3 Å². The Kier molecular flexibility index (Phi) is 3.24. The molecular weight excluding hydrogens is 277 g/mol. The zero-order valence-electron chi connectivity index (χ0n) is 8.80. The van der Waals surface area contributed by atoms with E-state index >= 15 is 0 Å². The number of aromatic nitrogens is 1. The van der Waals surface area contributed by atoms with Crippen molar-refractivity contribution in [2.24, 2.45) is 0 Å². The van der Waals surface area contributed by atoms with E-state index in [2.05, 4.69) is 0 Å². The molecular formula is C11H5Cl2N3O2. The van der Waals surface area contributed by atoms with E-state index in [9.17, 15) is 10.1 Å². The standard InChI is InChI=1S/C11H5Cl2N3O2/c12-8-4-10(11(16(17)18)5-9(8)13)15-3-1-2-7(15)6-14/h1-5H. The van der Waals surface area contributed by atoms with Gasteiger partial charge in [0.25, 0.3) is 5.69 Å². The first-order valence-electron chi connectivity index (χ1n) is 4.76. The SMILES string of the molecule is N#Cc1cccn1-c1cc(Cl)c(Cl)cc1[N+](=O)[O-]. The number of nitro benzene ring substituents is 1. The summed E-state index contributed by atoms with van der Waals surface area (Å²) in [5.74, 6) is 0. The Hall–Kier alpha value is -2.03. The van der Waals surface area contributed by atoms with Gasteiger partial charge in [0.1, 0.15) is 17.5 Å². The zero-order valence-corrected chi connectivity index (χ0v) is 10.3. The number of nitro groups is 1. The second-order valence-electron chi connectivity index (χ2n) is 3.39. The fraction of sp³-hybridized carbons (Fsp3) is 0. The molecule has 0 aliphatic heterocycles. The van der Waals surface area contributed by atoms with Crippen LogP contribution in [0.2, 0.25) is 10.0 Å². The van der Waals surface area contributed by atoms with E-state index in [4.69, 9.17) is 28.5 Å². The summed E-state index contributed by atoms with van der Waals surface area (Å²) >= 11 is 11.6.